The third-order valence-corrected chi connectivity index (χ3v) is 4.07. The van der Waals surface area contributed by atoms with Crippen molar-refractivity contribution in [1.29, 1.82) is 0 Å². The maximum Gasteiger partial charge on any atom is 0.255 e. The van der Waals surface area contributed by atoms with Crippen molar-refractivity contribution in [3.8, 4) is 0 Å². The van der Waals surface area contributed by atoms with E-state index in [1.165, 1.54) is 12.8 Å². The van der Waals surface area contributed by atoms with Crippen molar-refractivity contribution in [2.24, 2.45) is 0 Å². The molecule has 3 nitrogen and oxygen atoms in total. The first-order valence-electron chi connectivity index (χ1n) is 6.49. The lowest BCUT2D eigenvalue weighted by atomic mass is 10.1. The summed E-state index contributed by atoms with van der Waals surface area (Å²) in [5, 5.41) is 3.44. The number of hydrogen-bond acceptors (Lipinski definition) is 2. The molecule has 1 N–H and O–H groups in total. The molecule has 0 saturated carbocycles. The predicted octanol–water partition coefficient (Wildman–Crippen LogP) is 2.66. The van der Waals surface area contributed by atoms with Crippen molar-refractivity contribution in [2.45, 2.75) is 25.8 Å². The van der Waals surface area contributed by atoms with Gasteiger partial charge in [0.15, 0.2) is 0 Å². The molecule has 1 saturated heterocycles. The van der Waals surface area contributed by atoms with Gasteiger partial charge in [0.25, 0.3) is 5.91 Å². The van der Waals surface area contributed by atoms with Crippen LogP contribution in [0.15, 0.2) is 28.7 Å². The first-order chi connectivity index (χ1) is 8.72. The van der Waals surface area contributed by atoms with Gasteiger partial charge in [-0.2, -0.15) is 0 Å². The lowest BCUT2D eigenvalue weighted by molar-refractivity contribution is 0.0750. The number of nitrogens with one attached hydrogen (secondary N) is 1. The Morgan fingerprint density at radius 1 is 1.50 bits per heavy atom. The molecule has 0 radical (unpaired) electrons. The van der Waals surface area contributed by atoms with Gasteiger partial charge in [-0.25, -0.2) is 0 Å². The highest BCUT2D eigenvalue weighted by molar-refractivity contribution is 9.10. The van der Waals surface area contributed by atoms with Crippen LogP contribution in [0.2, 0.25) is 0 Å². The van der Waals surface area contributed by atoms with Gasteiger partial charge in [0.2, 0.25) is 0 Å². The van der Waals surface area contributed by atoms with Gasteiger partial charge in [0, 0.05) is 23.6 Å². The zero-order chi connectivity index (χ0) is 13.0. The van der Waals surface area contributed by atoms with Crippen LogP contribution in [0.4, 0.5) is 0 Å². The second-order valence-corrected chi connectivity index (χ2v) is 5.47. The molecule has 1 unspecified atom stereocenters. The van der Waals surface area contributed by atoms with E-state index in [4.69, 9.17) is 0 Å². The van der Waals surface area contributed by atoms with Crippen molar-refractivity contribution >= 4 is 21.8 Å². The zero-order valence-electron chi connectivity index (χ0n) is 10.7. The molecule has 0 bridgehead atoms. The number of nitrogens with zero attached hydrogens (tertiary/aromatic N) is 1. The van der Waals surface area contributed by atoms with Crippen LogP contribution in [-0.2, 0) is 0 Å². The van der Waals surface area contributed by atoms with Crippen LogP contribution in [-0.4, -0.2) is 36.5 Å². The molecule has 18 heavy (non-hydrogen) atoms. The number of amides is 1. The SMILES string of the molecule is CCN(CC1CCCN1)C(=O)c1ccccc1Br. The lowest BCUT2D eigenvalue weighted by Gasteiger charge is -2.25. The molecule has 0 aliphatic carbocycles. The molecule has 1 aromatic carbocycles. The number of rotatable bonds is 4. The fraction of sp³-hybridized carbons (Fsp3) is 0.500. The quantitative estimate of drug-likeness (QED) is 0.927. The van der Waals surface area contributed by atoms with E-state index in [1.807, 2.05) is 36.1 Å². The molecule has 1 heterocycles. The summed E-state index contributed by atoms with van der Waals surface area (Å²) in [6.45, 7) is 4.66. The third kappa shape index (κ3) is 3.12. The van der Waals surface area contributed by atoms with E-state index in [9.17, 15) is 4.79 Å². The highest BCUT2D eigenvalue weighted by atomic mass is 79.9. The fourth-order valence-electron chi connectivity index (χ4n) is 2.34. The molecule has 1 atom stereocenters. The van der Waals surface area contributed by atoms with E-state index >= 15 is 0 Å². The Morgan fingerprint density at radius 3 is 2.89 bits per heavy atom. The monoisotopic (exact) mass is 310 g/mol. The van der Waals surface area contributed by atoms with Crippen molar-refractivity contribution in [2.75, 3.05) is 19.6 Å². The Balaban J connectivity index is 2.07. The predicted molar refractivity (Wildman–Crippen MR) is 76.7 cm³/mol. The first kappa shape index (κ1) is 13.6. The molecule has 4 heteroatoms. The summed E-state index contributed by atoms with van der Waals surface area (Å²) in [6, 6.07) is 8.07. The van der Waals surface area contributed by atoms with Crippen LogP contribution in [0, 0.1) is 0 Å². The number of halogens is 1. The molecular weight excluding hydrogens is 292 g/mol. The largest absolute Gasteiger partial charge is 0.337 e. The van der Waals surface area contributed by atoms with Crippen molar-refractivity contribution in [3.63, 3.8) is 0 Å². The lowest BCUT2D eigenvalue weighted by Crippen LogP contribution is -2.41. The number of hydrogen-bond donors (Lipinski definition) is 1. The van der Waals surface area contributed by atoms with Gasteiger partial charge in [-0.1, -0.05) is 12.1 Å². The Bertz CT molecular complexity index is 416. The highest BCUT2D eigenvalue weighted by Gasteiger charge is 2.22. The van der Waals surface area contributed by atoms with Gasteiger partial charge >= 0.3 is 0 Å². The van der Waals surface area contributed by atoms with Crippen LogP contribution in [0.1, 0.15) is 30.1 Å². The molecular formula is C14H19BrN2O. The van der Waals surface area contributed by atoms with E-state index in [0.29, 0.717) is 6.04 Å². The number of likely N-dealkylation sites (N-methyl/N-ethyl adjacent to an activating group) is 1. The molecule has 1 aliphatic heterocycles. The van der Waals surface area contributed by atoms with Crippen LogP contribution in [0.25, 0.3) is 0 Å². The number of carbonyl (C=O) groups excluding carboxylic acids is 1. The molecule has 2 rings (SSSR count). The Hall–Kier alpha value is -0.870. The van der Waals surface area contributed by atoms with Crippen molar-refractivity contribution in [3.05, 3.63) is 34.3 Å². The molecule has 0 spiro atoms. The summed E-state index contributed by atoms with van der Waals surface area (Å²) in [6.07, 6.45) is 2.38. The molecule has 1 aromatic rings. The van der Waals surface area contributed by atoms with Gasteiger partial charge in [0.1, 0.15) is 0 Å². The highest BCUT2D eigenvalue weighted by Crippen LogP contribution is 2.18. The standard InChI is InChI=1S/C14H19BrN2O/c1-2-17(10-11-6-5-9-16-11)14(18)12-7-3-4-8-13(12)15/h3-4,7-8,11,16H,2,5-6,9-10H2,1H3. The normalized spacial score (nSPS) is 18.9. The average molecular weight is 311 g/mol. The van der Waals surface area contributed by atoms with E-state index in [1.54, 1.807) is 0 Å². The minimum atomic E-state index is 0.110. The van der Waals surface area contributed by atoms with E-state index in [0.717, 1.165) is 29.7 Å². The Morgan fingerprint density at radius 2 is 2.28 bits per heavy atom. The second-order valence-electron chi connectivity index (χ2n) is 4.62. The van der Waals surface area contributed by atoms with Gasteiger partial charge in [-0.3, -0.25) is 4.79 Å². The van der Waals surface area contributed by atoms with Crippen LogP contribution in [0.5, 0.6) is 0 Å². The third-order valence-electron chi connectivity index (χ3n) is 3.38. The summed E-state index contributed by atoms with van der Waals surface area (Å²) < 4.78 is 0.868. The summed E-state index contributed by atoms with van der Waals surface area (Å²) in [7, 11) is 0. The summed E-state index contributed by atoms with van der Waals surface area (Å²) in [5.74, 6) is 0.110. The summed E-state index contributed by atoms with van der Waals surface area (Å²) in [4.78, 5) is 14.4. The maximum atomic E-state index is 12.5. The van der Waals surface area contributed by atoms with Gasteiger partial charge < -0.3 is 10.2 Å². The first-order valence-corrected chi connectivity index (χ1v) is 7.29. The smallest absolute Gasteiger partial charge is 0.255 e. The second kappa shape index (κ2) is 6.34. The van der Waals surface area contributed by atoms with Gasteiger partial charge in [-0.05, 0) is 54.4 Å². The van der Waals surface area contributed by atoms with E-state index < -0.39 is 0 Å². The van der Waals surface area contributed by atoms with E-state index in [-0.39, 0.29) is 5.91 Å². The topological polar surface area (TPSA) is 32.3 Å². The van der Waals surface area contributed by atoms with Crippen molar-refractivity contribution < 1.29 is 4.79 Å². The maximum absolute atomic E-state index is 12.5. The van der Waals surface area contributed by atoms with Crippen LogP contribution < -0.4 is 5.32 Å². The molecule has 1 fully saturated rings. The molecule has 0 aromatic heterocycles. The minimum Gasteiger partial charge on any atom is -0.337 e. The van der Waals surface area contributed by atoms with Crippen LogP contribution in [0.3, 0.4) is 0 Å². The Kier molecular flexibility index (Phi) is 4.78. The summed E-state index contributed by atoms with van der Waals surface area (Å²) >= 11 is 3.44. The fourth-order valence-corrected chi connectivity index (χ4v) is 2.79. The zero-order valence-corrected chi connectivity index (χ0v) is 12.2. The molecule has 1 aliphatic rings. The molecule has 1 amide bonds. The van der Waals surface area contributed by atoms with Crippen LogP contribution >= 0.6 is 15.9 Å². The Labute approximate surface area is 117 Å². The average Bonchev–Trinajstić information content (AvgIpc) is 2.88. The van der Waals surface area contributed by atoms with Gasteiger partial charge in [-0.15, -0.1) is 0 Å². The number of carbonyl (C=O) groups is 1. The number of benzene rings is 1. The summed E-state index contributed by atoms with van der Waals surface area (Å²) in [5.41, 5.74) is 0.748. The minimum absolute atomic E-state index is 0.110. The van der Waals surface area contributed by atoms with Crippen molar-refractivity contribution in [1.82, 2.24) is 10.2 Å². The molecule has 98 valence electrons. The van der Waals surface area contributed by atoms with E-state index in [2.05, 4.69) is 21.2 Å². The van der Waals surface area contributed by atoms with Gasteiger partial charge in [0.05, 0.1) is 5.56 Å².